The van der Waals surface area contributed by atoms with Crippen LogP contribution in [0.25, 0.3) is 0 Å². The topological polar surface area (TPSA) is 60.5 Å². The zero-order valence-corrected chi connectivity index (χ0v) is 12.6. The summed E-state index contributed by atoms with van der Waals surface area (Å²) in [5.41, 5.74) is 4.96. The van der Waals surface area contributed by atoms with Crippen LogP contribution in [-0.4, -0.2) is 24.6 Å². The van der Waals surface area contributed by atoms with E-state index >= 15 is 0 Å². The van der Waals surface area contributed by atoms with Crippen LogP contribution in [0.3, 0.4) is 0 Å². The summed E-state index contributed by atoms with van der Waals surface area (Å²) < 4.78 is 4.85. The Morgan fingerprint density at radius 1 is 1.14 bits per heavy atom. The Morgan fingerprint density at radius 2 is 1.86 bits per heavy atom. The molecule has 0 radical (unpaired) electrons. The number of nitrogens with zero attached hydrogens (tertiary/aromatic N) is 1. The number of hydrogen-bond acceptors (Lipinski definition) is 5. The van der Waals surface area contributed by atoms with Crippen molar-refractivity contribution in [2.45, 2.75) is 13.0 Å². The predicted octanol–water partition coefficient (Wildman–Crippen LogP) is 2.13. The largest absolute Gasteiger partial charge is 0.469 e. The SMILES string of the molecule is COC(=O)C(CNOCc1ccccc1)Cc1ccncc1. The Labute approximate surface area is 130 Å². The van der Waals surface area contributed by atoms with E-state index in [1.165, 1.54) is 7.11 Å². The van der Waals surface area contributed by atoms with Gasteiger partial charge in [0.05, 0.1) is 19.6 Å². The van der Waals surface area contributed by atoms with Gasteiger partial charge < -0.3 is 4.74 Å². The number of nitrogens with one attached hydrogen (secondary N) is 1. The first kappa shape index (κ1) is 16.1. The molecule has 1 heterocycles. The van der Waals surface area contributed by atoms with Crippen LogP contribution < -0.4 is 5.48 Å². The van der Waals surface area contributed by atoms with Crippen molar-refractivity contribution in [3.8, 4) is 0 Å². The highest BCUT2D eigenvalue weighted by molar-refractivity contribution is 5.72. The first-order valence-corrected chi connectivity index (χ1v) is 7.15. The molecular formula is C17H20N2O3. The highest BCUT2D eigenvalue weighted by Gasteiger charge is 2.19. The van der Waals surface area contributed by atoms with E-state index in [1.807, 2.05) is 42.5 Å². The van der Waals surface area contributed by atoms with E-state index in [0.717, 1.165) is 11.1 Å². The molecule has 0 aliphatic heterocycles. The Balaban J connectivity index is 1.81. The Hall–Kier alpha value is -2.24. The predicted molar refractivity (Wildman–Crippen MR) is 82.7 cm³/mol. The van der Waals surface area contributed by atoms with E-state index in [0.29, 0.717) is 19.6 Å². The molecule has 2 rings (SSSR count). The number of carbonyl (C=O) groups is 1. The monoisotopic (exact) mass is 300 g/mol. The molecule has 2 aromatic rings. The average Bonchev–Trinajstić information content (AvgIpc) is 2.58. The summed E-state index contributed by atoms with van der Waals surface area (Å²) in [7, 11) is 1.40. The van der Waals surface area contributed by atoms with Gasteiger partial charge in [0.2, 0.25) is 0 Å². The molecule has 0 saturated carbocycles. The minimum Gasteiger partial charge on any atom is -0.469 e. The van der Waals surface area contributed by atoms with Gasteiger partial charge in [0.1, 0.15) is 0 Å². The summed E-state index contributed by atoms with van der Waals surface area (Å²) in [6, 6.07) is 13.6. The normalized spacial score (nSPS) is 11.9. The van der Waals surface area contributed by atoms with Gasteiger partial charge in [-0.15, -0.1) is 0 Å². The molecular weight excluding hydrogens is 280 g/mol. The van der Waals surface area contributed by atoms with E-state index in [9.17, 15) is 4.79 Å². The standard InChI is InChI=1S/C17H20N2O3/c1-21-17(20)16(11-14-7-9-18-10-8-14)12-19-22-13-15-5-3-2-4-6-15/h2-10,16,19H,11-13H2,1H3. The summed E-state index contributed by atoms with van der Waals surface area (Å²) in [4.78, 5) is 21.2. The van der Waals surface area contributed by atoms with Gasteiger partial charge in [-0.1, -0.05) is 30.3 Å². The summed E-state index contributed by atoms with van der Waals surface area (Å²) in [6.45, 7) is 0.839. The third-order valence-corrected chi connectivity index (χ3v) is 3.28. The van der Waals surface area contributed by atoms with E-state index in [-0.39, 0.29) is 11.9 Å². The number of ether oxygens (including phenoxy) is 1. The molecule has 1 unspecified atom stereocenters. The van der Waals surface area contributed by atoms with Crippen LogP contribution in [-0.2, 0) is 27.4 Å². The Kier molecular flexibility index (Phi) is 6.54. The molecule has 1 atom stereocenters. The number of esters is 1. The van der Waals surface area contributed by atoms with Crippen molar-refractivity contribution in [3.63, 3.8) is 0 Å². The number of hydroxylamine groups is 1. The number of carbonyl (C=O) groups excluding carboxylic acids is 1. The minimum absolute atomic E-state index is 0.257. The van der Waals surface area contributed by atoms with Crippen LogP contribution in [0.1, 0.15) is 11.1 Å². The van der Waals surface area contributed by atoms with E-state index in [1.54, 1.807) is 12.4 Å². The second kappa shape index (κ2) is 8.92. The van der Waals surface area contributed by atoms with Crippen LogP contribution in [0.15, 0.2) is 54.9 Å². The highest BCUT2D eigenvalue weighted by atomic mass is 16.6. The molecule has 0 saturated heterocycles. The van der Waals surface area contributed by atoms with E-state index < -0.39 is 0 Å². The van der Waals surface area contributed by atoms with Crippen LogP contribution in [0.2, 0.25) is 0 Å². The molecule has 22 heavy (non-hydrogen) atoms. The molecule has 1 aromatic heterocycles. The van der Waals surface area contributed by atoms with Gasteiger partial charge in [-0.3, -0.25) is 14.6 Å². The fraction of sp³-hybridized carbons (Fsp3) is 0.294. The van der Waals surface area contributed by atoms with Crippen LogP contribution >= 0.6 is 0 Å². The van der Waals surface area contributed by atoms with Gasteiger partial charge in [-0.25, -0.2) is 5.48 Å². The Morgan fingerprint density at radius 3 is 2.55 bits per heavy atom. The molecule has 1 N–H and O–H groups in total. The number of benzene rings is 1. The van der Waals surface area contributed by atoms with Gasteiger partial charge in [0.25, 0.3) is 0 Å². The lowest BCUT2D eigenvalue weighted by atomic mass is 10.0. The van der Waals surface area contributed by atoms with Crippen molar-refractivity contribution in [2.75, 3.05) is 13.7 Å². The van der Waals surface area contributed by atoms with E-state index in [4.69, 9.17) is 9.57 Å². The number of aromatic nitrogens is 1. The van der Waals surface area contributed by atoms with Crippen LogP contribution in [0.4, 0.5) is 0 Å². The first-order valence-electron chi connectivity index (χ1n) is 7.15. The molecule has 0 aliphatic rings. The summed E-state index contributed by atoms with van der Waals surface area (Å²) >= 11 is 0. The van der Waals surface area contributed by atoms with Gasteiger partial charge in [-0.2, -0.15) is 0 Å². The average molecular weight is 300 g/mol. The molecule has 5 nitrogen and oxygen atoms in total. The molecule has 0 spiro atoms. The highest BCUT2D eigenvalue weighted by Crippen LogP contribution is 2.09. The molecule has 116 valence electrons. The number of methoxy groups -OCH3 is 1. The maximum Gasteiger partial charge on any atom is 0.310 e. The fourth-order valence-corrected chi connectivity index (χ4v) is 2.08. The van der Waals surface area contributed by atoms with Crippen molar-refractivity contribution in [3.05, 3.63) is 66.0 Å². The maximum atomic E-state index is 11.8. The zero-order chi connectivity index (χ0) is 15.6. The molecule has 0 aliphatic carbocycles. The quantitative estimate of drug-likeness (QED) is 0.460. The molecule has 0 fully saturated rings. The molecule has 0 amide bonds. The van der Waals surface area contributed by atoms with Gasteiger partial charge >= 0.3 is 5.97 Å². The van der Waals surface area contributed by atoms with Crippen LogP contribution in [0.5, 0.6) is 0 Å². The van der Waals surface area contributed by atoms with E-state index in [2.05, 4.69) is 10.5 Å². The molecule has 0 bridgehead atoms. The maximum absolute atomic E-state index is 11.8. The first-order chi connectivity index (χ1) is 10.8. The minimum atomic E-state index is -0.303. The van der Waals surface area contributed by atoms with Crippen molar-refractivity contribution in [1.82, 2.24) is 10.5 Å². The number of hydrogen-bond donors (Lipinski definition) is 1. The number of pyridine rings is 1. The van der Waals surface area contributed by atoms with Crippen molar-refractivity contribution in [1.29, 1.82) is 0 Å². The third-order valence-electron chi connectivity index (χ3n) is 3.28. The molecule has 1 aromatic carbocycles. The summed E-state index contributed by atoms with van der Waals surface area (Å²) in [5.74, 6) is -0.559. The second-order valence-corrected chi connectivity index (χ2v) is 4.90. The van der Waals surface area contributed by atoms with Crippen molar-refractivity contribution in [2.24, 2.45) is 5.92 Å². The fourth-order valence-electron chi connectivity index (χ4n) is 2.08. The van der Waals surface area contributed by atoms with Gasteiger partial charge in [-0.05, 0) is 29.7 Å². The van der Waals surface area contributed by atoms with Gasteiger partial charge in [0.15, 0.2) is 0 Å². The Bertz CT molecular complexity index is 561. The molecule has 5 heteroatoms. The lowest BCUT2D eigenvalue weighted by Gasteiger charge is -2.15. The number of rotatable bonds is 8. The smallest absolute Gasteiger partial charge is 0.310 e. The summed E-state index contributed by atoms with van der Waals surface area (Å²) in [6.07, 6.45) is 4.00. The summed E-state index contributed by atoms with van der Waals surface area (Å²) in [5, 5.41) is 0. The lowest BCUT2D eigenvalue weighted by Crippen LogP contribution is -2.31. The van der Waals surface area contributed by atoms with Gasteiger partial charge in [0, 0.05) is 18.9 Å². The van der Waals surface area contributed by atoms with Crippen LogP contribution in [0, 0.1) is 5.92 Å². The third kappa shape index (κ3) is 5.27. The van der Waals surface area contributed by atoms with Crippen molar-refractivity contribution >= 4 is 5.97 Å². The van der Waals surface area contributed by atoms with Crippen molar-refractivity contribution < 1.29 is 14.4 Å². The zero-order valence-electron chi connectivity index (χ0n) is 12.6. The second-order valence-electron chi connectivity index (χ2n) is 4.90. The lowest BCUT2D eigenvalue weighted by molar-refractivity contribution is -0.146.